The van der Waals surface area contributed by atoms with Crippen LogP contribution in [0.25, 0.3) is 0 Å². The molecule has 1 aliphatic heterocycles. The summed E-state index contributed by atoms with van der Waals surface area (Å²) in [4.78, 5) is 6.73. The molecule has 0 spiro atoms. The van der Waals surface area contributed by atoms with Gasteiger partial charge in [-0.05, 0) is 30.2 Å². The van der Waals surface area contributed by atoms with Crippen molar-refractivity contribution in [3.8, 4) is 11.5 Å². The summed E-state index contributed by atoms with van der Waals surface area (Å²) in [6.07, 6.45) is -0.0469. The van der Waals surface area contributed by atoms with Crippen LogP contribution in [0.15, 0.2) is 53.5 Å². The van der Waals surface area contributed by atoms with Crippen LogP contribution in [0.1, 0.15) is 18.1 Å². The number of nitrogens with one attached hydrogen (secondary N) is 2. The van der Waals surface area contributed by atoms with E-state index in [1.165, 1.54) is 11.1 Å². The second-order valence-corrected chi connectivity index (χ2v) is 7.59. The molecule has 1 aliphatic rings. The van der Waals surface area contributed by atoms with E-state index in [-0.39, 0.29) is 6.10 Å². The molecule has 1 heterocycles. The van der Waals surface area contributed by atoms with Gasteiger partial charge in [0.2, 0.25) is 0 Å². The summed E-state index contributed by atoms with van der Waals surface area (Å²) in [5, 5.41) is 6.68. The molecule has 0 radical (unpaired) electrons. The Morgan fingerprint density at radius 3 is 2.39 bits per heavy atom. The minimum Gasteiger partial charge on any atom is -0.493 e. The Balaban J connectivity index is 1.41. The van der Waals surface area contributed by atoms with Gasteiger partial charge in [-0.3, -0.25) is 9.89 Å². The average Bonchev–Trinajstić information content (AvgIpc) is 2.81. The lowest BCUT2D eigenvalue weighted by Crippen LogP contribution is -2.41. The minimum atomic E-state index is -0.0469. The van der Waals surface area contributed by atoms with Crippen LogP contribution in [0.5, 0.6) is 11.5 Å². The number of methoxy groups -OCH3 is 1. The number of hydrogen-bond acceptors (Lipinski definition) is 5. The first-order valence-corrected chi connectivity index (χ1v) is 10.8. The molecule has 1 fully saturated rings. The lowest BCUT2D eigenvalue weighted by Gasteiger charge is -2.26. The Morgan fingerprint density at radius 2 is 1.71 bits per heavy atom. The first-order valence-electron chi connectivity index (χ1n) is 10.8. The maximum atomic E-state index is 5.99. The van der Waals surface area contributed by atoms with Crippen molar-refractivity contribution in [1.29, 1.82) is 0 Å². The zero-order valence-corrected chi connectivity index (χ0v) is 18.8. The third kappa shape index (κ3) is 7.45. The van der Waals surface area contributed by atoms with Gasteiger partial charge in [0.25, 0.3) is 0 Å². The summed E-state index contributed by atoms with van der Waals surface area (Å²) >= 11 is 0. The molecule has 0 saturated carbocycles. The van der Waals surface area contributed by atoms with Crippen LogP contribution >= 0.6 is 0 Å². The molecule has 1 unspecified atom stereocenters. The van der Waals surface area contributed by atoms with E-state index in [2.05, 4.69) is 44.8 Å². The Kier molecular flexibility index (Phi) is 8.99. The van der Waals surface area contributed by atoms with Crippen LogP contribution in [0.3, 0.4) is 0 Å². The van der Waals surface area contributed by atoms with Crippen molar-refractivity contribution in [1.82, 2.24) is 15.5 Å². The first-order chi connectivity index (χ1) is 15.2. The van der Waals surface area contributed by atoms with Crippen LogP contribution in [0.4, 0.5) is 0 Å². The molecule has 2 aromatic rings. The van der Waals surface area contributed by atoms with Gasteiger partial charge in [0.15, 0.2) is 17.5 Å². The molecule has 0 bridgehead atoms. The van der Waals surface area contributed by atoms with Crippen molar-refractivity contribution >= 4 is 5.96 Å². The standard InChI is InChI=1S/C24H34N4O3/c1-19(31-23-7-5-4-6-22(23)29-3)16-26-24(25-2)27-17-20-8-10-21(11-9-20)18-28-12-14-30-15-13-28/h4-11,19H,12-18H2,1-3H3,(H2,25,26,27). The Labute approximate surface area is 185 Å². The zero-order valence-electron chi connectivity index (χ0n) is 18.8. The second kappa shape index (κ2) is 12.2. The van der Waals surface area contributed by atoms with Gasteiger partial charge in [0.05, 0.1) is 26.9 Å². The van der Waals surface area contributed by atoms with E-state index in [1.54, 1.807) is 14.2 Å². The van der Waals surface area contributed by atoms with E-state index < -0.39 is 0 Å². The molecule has 7 nitrogen and oxygen atoms in total. The van der Waals surface area contributed by atoms with Gasteiger partial charge in [-0.2, -0.15) is 0 Å². The molecule has 3 rings (SSSR count). The molecule has 2 N–H and O–H groups in total. The van der Waals surface area contributed by atoms with Gasteiger partial charge in [-0.15, -0.1) is 0 Å². The number of morpholine rings is 1. The molecule has 2 aromatic carbocycles. The van der Waals surface area contributed by atoms with Crippen molar-refractivity contribution in [2.45, 2.75) is 26.1 Å². The fourth-order valence-corrected chi connectivity index (χ4v) is 3.40. The van der Waals surface area contributed by atoms with Crippen molar-refractivity contribution < 1.29 is 14.2 Å². The SMILES string of the molecule is CN=C(NCc1ccc(CN2CCOCC2)cc1)NCC(C)Oc1ccccc1OC. The van der Waals surface area contributed by atoms with Crippen molar-refractivity contribution in [2.75, 3.05) is 47.0 Å². The van der Waals surface area contributed by atoms with E-state index in [0.29, 0.717) is 13.1 Å². The molecule has 31 heavy (non-hydrogen) atoms. The summed E-state index contributed by atoms with van der Waals surface area (Å²) in [7, 11) is 3.42. The number of nitrogens with zero attached hydrogens (tertiary/aromatic N) is 2. The number of para-hydroxylation sites is 2. The summed E-state index contributed by atoms with van der Waals surface area (Å²) in [5.41, 5.74) is 2.54. The van der Waals surface area contributed by atoms with E-state index in [9.17, 15) is 0 Å². The Hall–Kier alpha value is -2.77. The largest absolute Gasteiger partial charge is 0.493 e. The fourth-order valence-electron chi connectivity index (χ4n) is 3.40. The topological polar surface area (TPSA) is 67.4 Å². The van der Waals surface area contributed by atoms with Crippen LogP contribution in [-0.4, -0.2) is 64.0 Å². The lowest BCUT2D eigenvalue weighted by molar-refractivity contribution is 0.0342. The molecule has 1 saturated heterocycles. The fraction of sp³-hybridized carbons (Fsp3) is 0.458. The number of guanidine groups is 1. The average molecular weight is 427 g/mol. The van der Waals surface area contributed by atoms with Crippen molar-refractivity contribution in [3.05, 3.63) is 59.7 Å². The predicted octanol–water partition coefficient (Wildman–Crippen LogP) is 2.66. The highest BCUT2D eigenvalue weighted by atomic mass is 16.5. The predicted molar refractivity (Wildman–Crippen MR) is 124 cm³/mol. The van der Waals surface area contributed by atoms with Crippen LogP contribution in [0, 0.1) is 0 Å². The smallest absolute Gasteiger partial charge is 0.191 e. The second-order valence-electron chi connectivity index (χ2n) is 7.59. The zero-order chi connectivity index (χ0) is 21.9. The Morgan fingerprint density at radius 1 is 1.03 bits per heavy atom. The third-order valence-corrected chi connectivity index (χ3v) is 5.17. The molecule has 0 aliphatic carbocycles. The highest BCUT2D eigenvalue weighted by Crippen LogP contribution is 2.26. The number of aliphatic imine (C=N–C) groups is 1. The van der Waals surface area contributed by atoms with Crippen LogP contribution in [0.2, 0.25) is 0 Å². The normalized spacial score (nSPS) is 15.9. The molecule has 1 atom stereocenters. The monoisotopic (exact) mass is 426 g/mol. The lowest BCUT2D eigenvalue weighted by atomic mass is 10.1. The summed E-state index contributed by atoms with van der Waals surface area (Å²) in [5.74, 6) is 2.21. The van der Waals surface area contributed by atoms with Crippen LogP contribution in [-0.2, 0) is 17.8 Å². The molecule has 168 valence electrons. The van der Waals surface area contributed by atoms with Gasteiger partial charge in [0.1, 0.15) is 6.10 Å². The maximum Gasteiger partial charge on any atom is 0.191 e. The summed E-state index contributed by atoms with van der Waals surface area (Å²) < 4.78 is 16.7. The van der Waals surface area contributed by atoms with E-state index >= 15 is 0 Å². The van der Waals surface area contributed by atoms with E-state index in [4.69, 9.17) is 14.2 Å². The molecule has 0 amide bonds. The number of rotatable bonds is 9. The molecule has 0 aromatic heterocycles. The third-order valence-electron chi connectivity index (χ3n) is 5.17. The van der Waals surface area contributed by atoms with Gasteiger partial charge in [0, 0.05) is 33.2 Å². The quantitative estimate of drug-likeness (QED) is 0.475. The first kappa shape index (κ1) is 22.9. The van der Waals surface area contributed by atoms with Crippen molar-refractivity contribution in [2.24, 2.45) is 4.99 Å². The van der Waals surface area contributed by atoms with E-state index in [0.717, 1.165) is 50.3 Å². The van der Waals surface area contributed by atoms with Gasteiger partial charge < -0.3 is 24.8 Å². The Bertz CT molecular complexity index is 820. The molecule has 7 heteroatoms. The van der Waals surface area contributed by atoms with Gasteiger partial charge in [-0.1, -0.05) is 36.4 Å². The summed E-state index contributed by atoms with van der Waals surface area (Å²) in [6.45, 7) is 7.99. The van der Waals surface area contributed by atoms with Crippen LogP contribution < -0.4 is 20.1 Å². The highest BCUT2D eigenvalue weighted by molar-refractivity contribution is 5.79. The molecular weight excluding hydrogens is 392 g/mol. The van der Waals surface area contributed by atoms with Gasteiger partial charge in [-0.25, -0.2) is 0 Å². The molecular formula is C24H34N4O3. The highest BCUT2D eigenvalue weighted by Gasteiger charge is 2.11. The van der Waals surface area contributed by atoms with E-state index in [1.807, 2.05) is 31.2 Å². The van der Waals surface area contributed by atoms with Crippen molar-refractivity contribution in [3.63, 3.8) is 0 Å². The number of benzene rings is 2. The number of hydrogen-bond donors (Lipinski definition) is 2. The minimum absolute atomic E-state index is 0.0469. The van der Waals surface area contributed by atoms with Gasteiger partial charge >= 0.3 is 0 Å². The number of ether oxygens (including phenoxy) is 3. The summed E-state index contributed by atoms with van der Waals surface area (Å²) in [6, 6.07) is 16.4. The maximum absolute atomic E-state index is 5.99.